The second-order valence-corrected chi connectivity index (χ2v) is 4.28. The quantitative estimate of drug-likeness (QED) is 0.436. The van der Waals surface area contributed by atoms with Crippen molar-refractivity contribution >= 4 is 12.1 Å². The van der Waals surface area contributed by atoms with Gasteiger partial charge in [0.1, 0.15) is 0 Å². The van der Waals surface area contributed by atoms with Crippen LogP contribution in [0, 0.1) is 11.8 Å². The molecule has 0 N–H and O–H groups in total. The lowest BCUT2D eigenvalue weighted by Crippen LogP contribution is -2.23. The third-order valence-corrected chi connectivity index (χ3v) is 2.49. The minimum absolute atomic E-state index is 0.0140. The van der Waals surface area contributed by atoms with Crippen LogP contribution >= 0.6 is 0 Å². The Balaban J connectivity index is 2.55. The minimum Gasteiger partial charge on any atom is -0.456 e. The molecule has 0 bridgehead atoms. The summed E-state index contributed by atoms with van der Waals surface area (Å²) < 4.78 is 19.8. The van der Waals surface area contributed by atoms with E-state index in [1.807, 2.05) is 30.3 Å². The first-order valence-corrected chi connectivity index (χ1v) is 7.29. The van der Waals surface area contributed by atoms with E-state index >= 15 is 0 Å². The maximum absolute atomic E-state index is 11.4. The fraction of sp³-hybridized carbons (Fsp3) is 0.412. The highest BCUT2D eigenvalue weighted by atomic mass is 16.7. The van der Waals surface area contributed by atoms with Crippen LogP contribution in [0.2, 0.25) is 0 Å². The van der Waals surface area contributed by atoms with Crippen LogP contribution in [0.4, 0.5) is 4.79 Å². The number of esters is 1. The smallest absolute Gasteiger partial charge is 0.456 e. The fourth-order valence-electron chi connectivity index (χ4n) is 1.54. The van der Waals surface area contributed by atoms with Crippen molar-refractivity contribution < 1.29 is 28.5 Å². The molecule has 124 valence electrons. The SMILES string of the molecule is CCOC(=O)C#CC(COCc1ccccc1)OC(=O)OCC. The molecule has 0 saturated heterocycles. The minimum atomic E-state index is -0.915. The molecule has 23 heavy (non-hydrogen) atoms. The molecular weight excluding hydrogens is 300 g/mol. The standard InChI is InChI=1S/C17H20O6/c1-3-21-16(18)11-10-15(23-17(19)22-4-2)13-20-12-14-8-6-5-7-9-14/h5-9,15H,3-4,12-13H2,1-2H3. The first-order valence-electron chi connectivity index (χ1n) is 7.29. The molecule has 6 nitrogen and oxygen atoms in total. The molecule has 1 unspecified atom stereocenters. The molecule has 1 aromatic rings. The van der Waals surface area contributed by atoms with Crippen LogP contribution in [0.1, 0.15) is 19.4 Å². The predicted molar refractivity (Wildman–Crippen MR) is 82.4 cm³/mol. The first kappa shape index (κ1) is 18.5. The Labute approximate surface area is 135 Å². The van der Waals surface area contributed by atoms with Gasteiger partial charge in [-0.15, -0.1) is 0 Å². The molecule has 1 atom stereocenters. The van der Waals surface area contributed by atoms with Gasteiger partial charge in [0.15, 0.2) is 6.10 Å². The van der Waals surface area contributed by atoms with Gasteiger partial charge in [-0.25, -0.2) is 9.59 Å². The largest absolute Gasteiger partial charge is 0.509 e. The summed E-state index contributed by atoms with van der Waals surface area (Å²) in [4.78, 5) is 22.6. The van der Waals surface area contributed by atoms with Crippen LogP contribution in [0.3, 0.4) is 0 Å². The van der Waals surface area contributed by atoms with Crippen LogP contribution in [0.15, 0.2) is 30.3 Å². The molecule has 0 aromatic heterocycles. The van der Waals surface area contributed by atoms with Gasteiger partial charge in [0, 0.05) is 5.92 Å². The van der Waals surface area contributed by atoms with Crippen LogP contribution < -0.4 is 0 Å². The summed E-state index contributed by atoms with van der Waals surface area (Å²) in [5, 5.41) is 0. The summed E-state index contributed by atoms with van der Waals surface area (Å²) in [6.07, 6.45) is -1.78. The zero-order valence-electron chi connectivity index (χ0n) is 13.2. The molecule has 0 radical (unpaired) electrons. The molecular formula is C17H20O6. The molecule has 0 heterocycles. The van der Waals surface area contributed by atoms with E-state index in [4.69, 9.17) is 18.9 Å². The van der Waals surface area contributed by atoms with E-state index in [2.05, 4.69) is 11.8 Å². The Bertz CT molecular complexity index is 543. The van der Waals surface area contributed by atoms with Crippen molar-refractivity contribution in [2.24, 2.45) is 0 Å². The summed E-state index contributed by atoms with van der Waals surface area (Å²) in [5.74, 6) is 4.08. The molecule has 1 aromatic carbocycles. The third-order valence-electron chi connectivity index (χ3n) is 2.49. The number of benzene rings is 1. The number of hydrogen-bond donors (Lipinski definition) is 0. The number of carbonyl (C=O) groups is 2. The summed E-state index contributed by atoms with van der Waals surface area (Å²) in [5.41, 5.74) is 0.973. The lowest BCUT2D eigenvalue weighted by molar-refractivity contribution is -0.136. The maximum atomic E-state index is 11.4. The van der Waals surface area contributed by atoms with Gasteiger partial charge in [0.25, 0.3) is 0 Å². The highest BCUT2D eigenvalue weighted by Crippen LogP contribution is 2.03. The van der Waals surface area contributed by atoms with Crippen LogP contribution in [-0.2, 0) is 30.3 Å². The summed E-state index contributed by atoms with van der Waals surface area (Å²) in [6, 6.07) is 9.51. The van der Waals surface area contributed by atoms with E-state index < -0.39 is 18.2 Å². The van der Waals surface area contributed by atoms with Gasteiger partial charge >= 0.3 is 12.1 Å². The normalized spacial score (nSPS) is 10.9. The Morgan fingerprint density at radius 1 is 1.09 bits per heavy atom. The zero-order chi connectivity index (χ0) is 16.9. The van der Waals surface area contributed by atoms with Crippen LogP contribution in [0.25, 0.3) is 0 Å². The molecule has 0 aliphatic rings. The Morgan fingerprint density at radius 3 is 2.43 bits per heavy atom. The maximum Gasteiger partial charge on any atom is 0.509 e. The van der Waals surface area contributed by atoms with Gasteiger partial charge in [0.2, 0.25) is 0 Å². The molecule has 0 fully saturated rings. The van der Waals surface area contributed by atoms with E-state index in [1.54, 1.807) is 13.8 Å². The number of ether oxygens (including phenoxy) is 4. The highest BCUT2D eigenvalue weighted by molar-refractivity contribution is 5.88. The van der Waals surface area contributed by atoms with E-state index in [0.717, 1.165) is 5.56 Å². The van der Waals surface area contributed by atoms with Crippen LogP contribution in [-0.4, -0.2) is 38.0 Å². The topological polar surface area (TPSA) is 71.1 Å². The average Bonchev–Trinajstić information content (AvgIpc) is 2.54. The van der Waals surface area contributed by atoms with Crippen molar-refractivity contribution in [1.29, 1.82) is 0 Å². The molecule has 0 aliphatic carbocycles. The van der Waals surface area contributed by atoms with Crippen molar-refractivity contribution in [3.8, 4) is 11.8 Å². The van der Waals surface area contributed by atoms with E-state index in [-0.39, 0.29) is 19.8 Å². The van der Waals surface area contributed by atoms with Crippen LogP contribution in [0.5, 0.6) is 0 Å². The van der Waals surface area contributed by atoms with E-state index in [9.17, 15) is 9.59 Å². The lowest BCUT2D eigenvalue weighted by Gasteiger charge is -2.12. The zero-order valence-corrected chi connectivity index (χ0v) is 13.2. The van der Waals surface area contributed by atoms with E-state index in [0.29, 0.717) is 6.61 Å². The average molecular weight is 320 g/mol. The summed E-state index contributed by atoms with van der Waals surface area (Å²) in [7, 11) is 0. The Hall–Kier alpha value is -2.52. The van der Waals surface area contributed by atoms with Crippen molar-refractivity contribution in [3.05, 3.63) is 35.9 Å². The molecule has 0 saturated carbocycles. The first-order chi connectivity index (χ1) is 11.2. The number of hydrogen-bond acceptors (Lipinski definition) is 6. The molecule has 0 spiro atoms. The number of rotatable bonds is 7. The van der Waals surface area contributed by atoms with Crippen molar-refractivity contribution in [2.75, 3.05) is 19.8 Å². The van der Waals surface area contributed by atoms with E-state index in [1.165, 1.54) is 0 Å². The third kappa shape index (κ3) is 8.49. The molecule has 6 heteroatoms. The van der Waals surface area contributed by atoms with Crippen molar-refractivity contribution in [2.45, 2.75) is 26.6 Å². The van der Waals surface area contributed by atoms with Crippen molar-refractivity contribution in [3.63, 3.8) is 0 Å². The molecule has 0 aliphatic heterocycles. The summed E-state index contributed by atoms with van der Waals surface area (Å²) >= 11 is 0. The Morgan fingerprint density at radius 2 is 1.78 bits per heavy atom. The van der Waals surface area contributed by atoms with Gasteiger partial charge in [-0.3, -0.25) is 0 Å². The number of carbonyl (C=O) groups excluding carboxylic acids is 2. The van der Waals surface area contributed by atoms with Crippen molar-refractivity contribution in [1.82, 2.24) is 0 Å². The van der Waals surface area contributed by atoms with Gasteiger partial charge < -0.3 is 18.9 Å². The Kier molecular flexibility index (Phi) is 8.94. The highest BCUT2D eigenvalue weighted by Gasteiger charge is 2.13. The summed E-state index contributed by atoms with van der Waals surface area (Å²) in [6.45, 7) is 4.09. The van der Waals surface area contributed by atoms with Gasteiger partial charge in [-0.1, -0.05) is 30.3 Å². The fourth-order valence-corrected chi connectivity index (χ4v) is 1.54. The van der Waals surface area contributed by atoms with Gasteiger partial charge in [-0.05, 0) is 25.3 Å². The second kappa shape index (κ2) is 11.1. The molecule has 1 rings (SSSR count). The lowest BCUT2D eigenvalue weighted by atomic mass is 10.2. The van der Waals surface area contributed by atoms with Gasteiger partial charge in [-0.2, -0.15) is 0 Å². The molecule has 0 amide bonds. The predicted octanol–water partition coefficient (Wildman–Crippen LogP) is 2.31. The second-order valence-electron chi connectivity index (χ2n) is 4.28. The van der Waals surface area contributed by atoms with Gasteiger partial charge in [0.05, 0.1) is 26.4 Å². The monoisotopic (exact) mass is 320 g/mol.